The highest BCUT2D eigenvalue weighted by Gasteiger charge is 2.27. The minimum Gasteiger partial charge on any atom is -0.482 e. The van der Waals surface area contributed by atoms with Crippen LogP contribution in [0.15, 0.2) is 42.5 Å². The third kappa shape index (κ3) is 4.06. The topological polar surface area (TPSA) is 53.1 Å². The third-order valence-electron chi connectivity index (χ3n) is 5.70. The summed E-state index contributed by atoms with van der Waals surface area (Å²) in [5, 5.41) is 0. The molecule has 0 aliphatic carbocycles. The van der Waals surface area contributed by atoms with Crippen molar-refractivity contribution in [2.75, 3.05) is 49.1 Å². The van der Waals surface area contributed by atoms with Crippen LogP contribution in [0.25, 0.3) is 0 Å². The zero-order valence-corrected chi connectivity index (χ0v) is 17.1. The highest BCUT2D eigenvalue weighted by molar-refractivity contribution is 5.98. The molecule has 0 unspecified atom stereocenters. The van der Waals surface area contributed by atoms with E-state index in [0.29, 0.717) is 31.8 Å². The van der Waals surface area contributed by atoms with E-state index < -0.39 is 0 Å². The van der Waals surface area contributed by atoms with Crippen LogP contribution in [0, 0.1) is 13.8 Å². The summed E-state index contributed by atoms with van der Waals surface area (Å²) < 4.78 is 5.47. The molecule has 2 aromatic rings. The first-order chi connectivity index (χ1) is 14.0. The molecular weight excluding hydrogens is 366 g/mol. The van der Waals surface area contributed by atoms with Gasteiger partial charge < -0.3 is 19.4 Å². The molecule has 6 heteroatoms. The Morgan fingerprint density at radius 2 is 1.76 bits per heavy atom. The van der Waals surface area contributed by atoms with Gasteiger partial charge in [-0.05, 0) is 43.2 Å². The normalized spacial score (nSPS) is 16.5. The van der Waals surface area contributed by atoms with Gasteiger partial charge in [0.15, 0.2) is 6.61 Å². The number of ether oxygens (including phenoxy) is 1. The van der Waals surface area contributed by atoms with Crippen molar-refractivity contribution in [3.05, 3.63) is 53.6 Å². The number of hydrogen-bond acceptors (Lipinski definition) is 4. The monoisotopic (exact) mass is 393 g/mol. The summed E-state index contributed by atoms with van der Waals surface area (Å²) in [6.07, 6.45) is 0.323. The smallest absolute Gasteiger partial charge is 0.265 e. The zero-order valence-electron chi connectivity index (χ0n) is 17.1. The second kappa shape index (κ2) is 8.15. The first kappa shape index (κ1) is 19.3. The van der Waals surface area contributed by atoms with Crippen LogP contribution in [0.1, 0.15) is 17.5 Å². The predicted octanol–water partition coefficient (Wildman–Crippen LogP) is 2.77. The van der Waals surface area contributed by atoms with Crippen LogP contribution in [-0.2, 0) is 9.59 Å². The number of amides is 2. The number of carbonyl (C=O) groups is 2. The largest absolute Gasteiger partial charge is 0.482 e. The van der Waals surface area contributed by atoms with E-state index in [4.69, 9.17) is 4.74 Å². The van der Waals surface area contributed by atoms with Gasteiger partial charge in [-0.1, -0.05) is 24.3 Å². The average molecular weight is 393 g/mol. The first-order valence-corrected chi connectivity index (χ1v) is 10.1. The van der Waals surface area contributed by atoms with Crippen molar-refractivity contribution in [3.63, 3.8) is 0 Å². The predicted molar refractivity (Wildman–Crippen MR) is 114 cm³/mol. The van der Waals surface area contributed by atoms with Gasteiger partial charge in [0.1, 0.15) is 5.75 Å². The van der Waals surface area contributed by atoms with Crippen LogP contribution < -0.4 is 14.5 Å². The quantitative estimate of drug-likeness (QED) is 0.802. The van der Waals surface area contributed by atoms with Crippen molar-refractivity contribution in [1.29, 1.82) is 0 Å². The Kier molecular flexibility index (Phi) is 5.43. The van der Waals surface area contributed by atoms with Crippen molar-refractivity contribution in [2.45, 2.75) is 20.3 Å². The van der Waals surface area contributed by atoms with Crippen LogP contribution in [0.2, 0.25) is 0 Å². The number of rotatable bonds is 4. The van der Waals surface area contributed by atoms with Gasteiger partial charge in [0.25, 0.3) is 5.91 Å². The molecule has 0 radical (unpaired) electrons. The Morgan fingerprint density at radius 3 is 2.55 bits per heavy atom. The molecule has 0 aromatic heterocycles. The zero-order chi connectivity index (χ0) is 20.4. The molecule has 2 aliphatic heterocycles. The lowest BCUT2D eigenvalue weighted by atomic mass is 10.1. The van der Waals surface area contributed by atoms with Gasteiger partial charge in [-0.15, -0.1) is 0 Å². The number of para-hydroxylation sites is 2. The van der Waals surface area contributed by atoms with E-state index in [0.717, 1.165) is 18.8 Å². The van der Waals surface area contributed by atoms with E-state index in [9.17, 15) is 9.59 Å². The number of hydrogen-bond donors (Lipinski definition) is 0. The summed E-state index contributed by atoms with van der Waals surface area (Å²) in [6, 6.07) is 14.0. The third-order valence-corrected chi connectivity index (χ3v) is 5.70. The fraction of sp³-hybridized carbons (Fsp3) is 0.391. The molecule has 0 spiro atoms. The Morgan fingerprint density at radius 1 is 1.00 bits per heavy atom. The van der Waals surface area contributed by atoms with Gasteiger partial charge in [-0.25, -0.2) is 0 Å². The van der Waals surface area contributed by atoms with E-state index in [1.165, 1.54) is 16.8 Å². The number of carbonyl (C=O) groups excluding carboxylic acids is 2. The molecule has 2 amide bonds. The standard InChI is InChI=1S/C23H27N3O3/c1-17-7-8-18(2)20(15-17)24-11-13-25(14-12-24)22(27)9-10-26-19-5-3-4-6-21(19)29-16-23(26)28/h3-8,15H,9-14,16H2,1-2H3. The molecule has 6 nitrogen and oxygen atoms in total. The van der Waals surface area contributed by atoms with Crippen molar-refractivity contribution in [1.82, 2.24) is 4.90 Å². The molecule has 4 rings (SSSR count). The lowest BCUT2D eigenvalue weighted by molar-refractivity contribution is -0.131. The maximum atomic E-state index is 12.8. The molecule has 2 heterocycles. The van der Waals surface area contributed by atoms with Crippen LogP contribution in [0.4, 0.5) is 11.4 Å². The lowest BCUT2D eigenvalue weighted by Gasteiger charge is -2.37. The Labute approximate surface area is 171 Å². The van der Waals surface area contributed by atoms with Crippen LogP contribution in [0.3, 0.4) is 0 Å². The first-order valence-electron chi connectivity index (χ1n) is 10.1. The summed E-state index contributed by atoms with van der Waals surface area (Å²) in [4.78, 5) is 31.0. The number of anilines is 2. The van der Waals surface area contributed by atoms with Crippen LogP contribution in [0.5, 0.6) is 5.75 Å². The molecule has 0 bridgehead atoms. The summed E-state index contributed by atoms with van der Waals surface area (Å²) in [7, 11) is 0. The fourth-order valence-corrected chi connectivity index (χ4v) is 4.02. The fourth-order valence-electron chi connectivity index (χ4n) is 4.02. The molecule has 0 N–H and O–H groups in total. The molecule has 1 fully saturated rings. The molecule has 2 aliphatic rings. The van der Waals surface area contributed by atoms with Gasteiger partial charge in [0, 0.05) is 44.8 Å². The second-order valence-electron chi connectivity index (χ2n) is 7.71. The average Bonchev–Trinajstić information content (AvgIpc) is 2.74. The van der Waals surface area contributed by atoms with E-state index in [1.807, 2.05) is 29.2 Å². The van der Waals surface area contributed by atoms with E-state index >= 15 is 0 Å². The number of fused-ring (bicyclic) bond motifs is 1. The number of nitrogens with zero attached hydrogens (tertiary/aromatic N) is 3. The highest BCUT2D eigenvalue weighted by atomic mass is 16.5. The highest BCUT2D eigenvalue weighted by Crippen LogP contribution is 2.31. The molecular formula is C23H27N3O3. The van der Waals surface area contributed by atoms with Gasteiger partial charge in [-0.2, -0.15) is 0 Å². The summed E-state index contributed by atoms with van der Waals surface area (Å²) >= 11 is 0. The lowest BCUT2D eigenvalue weighted by Crippen LogP contribution is -2.50. The van der Waals surface area contributed by atoms with Gasteiger partial charge in [0.2, 0.25) is 5.91 Å². The molecule has 29 heavy (non-hydrogen) atoms. The van der Waals surface area contributed by atoms with E-state index in [1.54, 1.807) is 4.90 Å². The number of piperazine rings is 1. The molecule has 2 aromatic carbocycles. The van der Waals surface area contributed by atoms with Crippen molar-refractivity contribution >= 4 is 23.2 Å². The summed E-state index contributed by atoms with van der Waals surface area (Å²) in [5.41, 5.74) is 4.52. The summed E-state index contributed by atoms with van der Waals surface area (Å²) in [6.45, 7) is 7.72. The molecule has 0 atom stereocenters. The summed E-state index contributed by atoms with van der Waals surface area (Å²) in [5.74, 6) is 0.695. The van der Waals surface area contributed by atoms with Crippen molar-refractivity contribution in [3.8, 4) is 5.75 Å². The van der Waals surface area contributed by atoms with E-state index in [-0.39, 0.29) is 18.4 Å². The SMILES string of the molecule is Cc1ccc(C)c(N2CCN(C(=O)CCN3C(=O)COc4ccccc43)CC2)c1. The maximum absolute atomic E-state index is 12.8. The van der Waals surface area contributed by atoms with Gasteiger partial charge in [-0.3, -0.25) is 9.59 Å². The number of aryl methyl sites for hydroxylation is 2. The number of benzene rings is 2. The Bertz CT molecular complexity index is 919. The van der Waals surface area contributed by atoms with Gasteiger partial charge in [0.05, 0.1) is 5.69 Å². The minimum absolute atomic E-state index is 0.0275. The molecule has 0 saturated carbocycles. The second-order valence-corrected chi connectivity index (χ2v) is 7.71. The van der Waals surface area contributed by atoms with Crippen molar-refractivity contribution < 1.29 is 14.3 Å². The maximum Gasteiger partial charge on any atom is 0.265 e. The van der Waals surface area contributed by atoms with Gasteiger partial charge >= 0.3 is 0 Å². The van der Waals surface area contributed by atoms with Crippen LogP contribution in [-0.4, -0.2) is 56.0 Å². The van der Waals surface area contributed by atoms with E-state index in [2.05, 4.69) is 36.9 Å². The molecule has 1 saturated heterocycles. The Hall–Kier alpha value is -3.02. The minimum atomic E-state index is -0.101. The Balaban J connectivity index is 1.34. The van der Waals surface area contributed by atoms with Crippen LogP contribution >= 0.6 is 0 Å². The molecule has 152 valence electrons. The van der Waals surface area contributed by atoms with Crippen molar-refractivity contribution in [2.24, 2.45) is 0 Å².